The smallest absolute Gasteiger partial charge is 0.229 e. The molecule has 1 unspecified atom stereocenters. The predicted octanol–water partition coefficient (Wildman–Crippen LogP) is 5.53. The van der Waals surface area contributed by atoms with Gasteiger partial charge in [0, 0.05) is 0 Å². The van der Waals surface area contributed by atoms with E-state index in [1.807, 2.05) is 68.4 Å². The zero-order valence-electron chi connectivity index (χ0n) is 18.6. The molecule has 0 saturated heterocycles. The summed E-state index contributed by atoms with van der Waals surface area (Å²) < 4.78 is 19.6. The number of fused-ring (bicyclic) bond motifs is 1. The second-order valence-electron chi connectivity index (χ2n) is 7.96. The third-order valence-corrected chi connectivity index (χ3v) is 6.02. The van der Waals surface area contributed by atoms with E-state index < -0.39 is 5.92 Å². The number of aryl methyl sites for hydroxylation is 2. The molecule has 0 aliphatic carbocycles. The van der Waals surface area contributed by atoms with Crippen LogP contribution in [0.1, 0.15) is 34.3 Å². The molecule has 5 rings (SSSR count). The molecular formula is C26H21ClN4O3. The van der Waals surface area contributed by atoms with Gasteiger partial charge in [-0.15, -0.1) is 0 Å². The summed E-state index contributed by atoms with van der Waals surface area (Å²) in [6, 6.07) is 21.0. The maximum absolute atomic E-state index is 9.88. The standard InChI is InChI=1S/C26H21ClN4O3/c1-15-7-6-10-20(27)24(15)32-14-18-11-12-21(33-18)23-19(13-28)25(29)34-26-22(23)16(2)30-31(26)17-8-4-3-5-9-17/h3-12,23H,14,29H2,1-2H3. The van der Waals surface area contributed by atoms with Crippen molar-refractivity contribution in [1.82, 2.24) is 9.78 Å². The number of nitrogens with two attached hydrogens (primary N) is 1. The Bertz CT molecular complexity index is 1430. The van der Waals surface area contributed by atoms with Gasteiger partial charge in [0.1, 0.15) is 35.5 Å². The summed E-state index contributed by atoms with van der Waals surface area (Å²) in [5.74, 6) is 1.68. The number of ether oxygens (including phenoxy) is 2. The number of benzene rings is 2. The van der Waals surface area contributed by atoms with Crippen LogP contribution in [0.5, 0.6) is 11.6 Å². The van der Waals surface area contributed by atoms with Crippen LogP contribution in [-0.2, 0) is 6.61 Å². The fourth-order valence-electron chi connectivity index (χ4n) is 4.11. The second-order valence-corrected chi connectivity index (χ2v) is 8.36. The fourth-order valence-corrected chi connectivity index (χ4v) is 4.39. The summed E-state index contributed by atoms with van der Waals surface area (Å²) >= 11 is 6.27. The van der Waals surface area contributed by atoms with Crippen molar-refractivity contribution in [3.8, 4) is 23.4 Å². The Labute approximate surface area is 201 Å². The highest BCUT2D eigenvalue weighted by Gasteiger charge is 2.38. The third kappa shape index (κ3) is 3.68. The van der Waals surface area contributed by atoms with Crippen LogP contribution in [0.4, 0.5) is 0 Å². The van der Waals surface area contributed by atoms with Gasteiger partial charge in [-0.2, -0.15) is 10.4 Å². The molecule has 8 heteroatoms. The minimum absolute atomic E-state index is 0.0259. The van der Waals surface area contributed by atoms with Crippen LogP contribution in [0.2, 0.25) is 5.02 Å². The molecule has 0 radical (unpaired) electrons. The minimum Gasteiger partial charge on any atom is -0.484 e. The van der Waals surface area contributed by atoms with Crippen LogP contribution in [-0.4, -0.2) is 9.78 Å². The molecule has 7 nitrogen and oxygen atoms in total. The normalized spacial score (nSPS) is 14.9. The van der Waals surface area contributed by atoms with E-state index in [4.69, 9.17) is 31.2 Å². The van der Waals surface area contributed by atoms with E-state index in [2.05, 4.69) is 11.2 Å². The summed E-state index contributed by atoms with van der Waals surface area (Å²) in [6.07, 6.45) is 0. The SMILES string of the molecule is Cc1cccc(Cl)c1OCc1ccc(C2C(C#N)=C(N)Oc3c2c(C)nn3-c2ccccc2)o1. The maximum Gasteiger partial charge on any atom is 0.229 e. The average molecular weight is 473 g/mol. The highest BCUT2D eigenvalue weighted by Crippen LogP contribution is 2.45. The van der Waals surface area contributed by atoms with Gasteiger partial charge < -0.3 is 19.6 Å². The quantitative estimate of drug-likeness (QED) is 0.409. The van der Waals surface area contributed by atoms with Gasteiger partial charge in [0.05, 0.1) is 27.9 Å². The topological polar surface area (TPSA) is 99.2 Å². The lowest BCUT2D eigenvalue weighted by Crippen LogP contribution is -2.21. The number of furan rings is 1. The number of rotatable bonds is 5. The molecule has 1 aliphatic heterocycles. The van der Waals surface area contributed by atoms with Crippen molar-refractivity contribution in [2.45, 2.75) is 26.4 Å². The van der Waals surface area contributed by atoms with Crippen molar-refractivity contribution in [1.29, 1.82) is 5.26 Å². The Morgan fingerprint density at radius 3 is 2.65 bits per heavy atom. The number of nitrogens with zero attached hydrogens (tertiary/aromatic N) is 3. The zero-order valence-corrected chi connectivity index (χ0v) is 19.3. The van der Waals surface area contributed by atoms with Gasteiger partial charge in [0.2, 0.25) is 11.8 Å². The van der Waals surface area contributed by atoms with Gasteiger partial charge in [-0.1, -0.05) is 41.9 Å². The largest absolute Gasteiger partial charge is 0.484 e. The summed E-state index contributed by atoms with van der Waals surface area (Å²) in [7, 11) is 0. The highest BCUT2D eigenvalue weighted by molar-refractivity contribution is 6.32. The van der Waals surface area contributed by atoms with E-state index in [1.54, 1.807) is 10.7 Å². The van der Waals surface area contributed by atoms with Gasteiger partial charge in [0.25, 0.3) is 0 Å². The molecule has 170 valence electrons. The molecule has 4 aromatic rings. The number of para-hydroxylation sites is 2. The minimum atomic E-state index is -0.554. The number of hydrogen-bond donors (Lipinski definition) is 1. The van der Waals surface area contributed by atoms with Crippen molar-refractivity contribution in [2.75, 3.05) is 0 Å². The fraction of sp³-hybridized carbons (Fsp3) is 0.154. The first-order valence-corrected chi connectivity index (χ1v) is 11.0. The Balaban J connectivity index is 1.52. The Kier molecular flexibility index (Phi) is 5.52. The lowest BCUT2D eigenvalue weighted by atomic mass is 9.88. The van der Waals surface area contributed by atoms with Gasteiger partial charge in [-0.05, 0) is 49.7 Å². The number of allylic oxidation sites excluding steroid dienone is 1. The number of hydrogen-bond acceptors (Lipinski definition) is 6. The van der Waals surface area contributed by atoms with Gasteiger partial charge in [0.15, 0.2) is 0 Å². The molecule has 0 spiro atoms. The lowest BCUT2D eigenvalue weighted by molar-refractivity contribution is 0.263. The summed E-state index contributed by atoms with van der Waals surface area (Å²) in [4.78, 5) is 0. The van der Waals surface area contributed by atoms with Crippen LogP contribution >= 0.6 is 11.6 Å². The van der Waals surface area contributed by atoms with Crippen LogP contribution in [0.3, 0.4) is 0 Å². The summed E-state index contributed by atoms with van der Waals surface area (Å²) in [5.41, 5.74) is 9.65. The van der Waals surface area contributed by atoms with Gasteiger partial charge in [-0.3, -0.25) is 0 Å². The van der Waals surface area contributed by atoms with E-state index in [0.29, 0.717) is 33.9 Å². The predicted molar refractivity (Wildman–Crippen MR) is 127 cm³/mol. The first kappa shape index (κ1) is 21.7. The first-order valence-electron chi connectivity index (χ1n) is 10.7. The maximum atomic E-state index is 9.88. The van der Waals surface area contributed by atoms with Crippen LogP contribution in [0.15, 0.2) is 76.5 Å². The van der Waals surface area contributed by atoms with Crippen molar-refractivity contribution in [3.63, 3.8) is 0 Å². The molecule has 2 aromatic carbocycles. The van der Waals surface area contributed by atoms with E-state index in [9.17, 15) is 5.26 Å². The lowest BCUT2D eigenvalue weighted by Gasteiger charge is -2.23. The molecule has 1 aliphatic rings. The molecule has 2 aromatic heterocycles. The van der Waals surface area contributed by atoms with Gasteiger partial charge in [-0.25, -0.2) is 4.68 Å². The van der Waals surface area contributed by atoms with E-state index in [0.717, 1.165) is 16.8 Å². The zero-order chi connectivity index (χ0) is 23.8. The summed E-state index contributed by atoms with van der Waals surface area (Å²) in [5, 5.41) is 15.1. The highest BCUT2D eigenvalue weighted by atomic mass is 35.5. The molecule has 3 heterocycles. The van der Waals surface area contributed by atoms with Crippen molar-refractivity contribution in [2.24, 2.45) is 5.73 Å². The number of nitriles is 1. The molecule has 34 heavy (non-hydrogen) atoms. The van der Waals surface area contributed by atoms with Gasteiger partial charge >= 0.3 is 0 Å². The summed E-state index contributed by atoms with van der Waals surface area (Å²) in [6.45, 7) is 3.99. The number of halogens is 1. The number of aromatic nitrogens is 2. The third-order valence-electron chi connectivity index (χ3n) is 5.72. The van der Waals surface area contributed by atoms with Crippen molar-refractivity contribution in [3.05, 3.63) is 105 Å². The second kappa shape index (κ2) is 8.65. The van der Waals surface area contributed by atoms with Crippen molar-refractivity contribution >= 4 is 11.6 Å². The van der Waals surface area contributed by atoms with E-state index in [-0.39, 0.29) is 18.1 Å². The van der Waals surface area contributed by atoms with E-state index in [1.165, 1.54) is 0 Å². The van der Waals surface area contributed by atoms with Crippen molar-refractivity contribution < 1.29 is 13.9 Å². The first-order chi connectivity index (χ1) is 16.5. The molecular weight excluding hydrogens is 452 g/mol. The Morgan fingerprint density at radius 2 is 1.91 bits per heavy atom. The van der Waals surface area contributed by atoms with E-state index >= 15 is 0 Å². The van der Waals surface area contributed by atoms with Crippen LogP contribution < -0.4 is 15.2 Å². The van der Waals surface area contributed by atoms with Crippen LogP contribution in [0.25, 0.3) is 5.69 Å². The Morgan fingerprint density at radius 1 is 1.12 bits per heavy atom. The monoisotopic (exact) mass is 472 g/mol. The Hall–Kier alpha value is -4.15. The molecule has 2 N–H and O–H groups in total. The molecule has 1 atom stereocenters. The molecule has 0 saturated carbocycles. The molecule has 0 bridgehead atoms. The average Bonchev–Trinajstić information content (AvgIpc) is 3.43. The molecule has 0 fully saturated rings. The van der Waals surface area contributed by atoms with Crippen LogP contribution in [0, 0.1) is 25.2 Å². The molecule has 0 amide bonds.